The minimum absolute atomic E-state index is 0.248. The number of aliphatic hydroxyl groups is 11. The summed E-state index contributed by atoms with van der Waals surface area (Å²) in [5.41, 5.74) is 0. The second-order valence-corrected chi connectivity index (χ2v) is 28.2. The summed E-state index contributed by atoms with van der Waals surface area (Å²) in [6.45, 7) is 1.75. The van der Waals surface area contributed by atoms with Gasteiger partial charge < -0.3 is 89.9 Å². The Balaban J connectivity index is 1.30. The third-order valence-electron chi connectivity index (χ3n) is 19.7. The maximum absolute atomic E-state index is 13.4. The van der Waals surface area contributed by atoms with E-state index in [-0.39, 0.29) is 18.9 Å². The molecule has 0 aromatic carbocycles. The van der Waals surface area contributed by atoms with Crippen molar-refractivity contribution in [3.63, 3.8) is 0 Å². The van der Waals surface area contributed by atoms with Crippen molar-refractivity contribution < 1.29 is 89.4 Å². The Morgan fingerprint density at radius 3 is 1.06 bits per heavy atom. The number of aliphatic hydroxyl groups excluding tert-OH is 11. The van der Waals surface area contributed by atoms with Gasteiger partial charge in [-0.25, -0.2) is 0 Å². The van der Waals surface area contributed by atoms with E-state index in [1.807, 2.05) is 6.08 Å². The lowest BCUT2D eigenvalue weighted by molar-refractivity contribution is -0.379. The summed E-state index contributed by atoms with van der Waals surface area (Å²) in [6.07, 6.45) is 44.4. The smallest absolute Gasteiger partial charge is 0.220 e. The average Bonchev–Trinajstić information content (AvgIpc) is 0.787. The van der Waals surface area contributed by atoms with Gasteiger partial charge in [-0.2, -0.15) is 0 Å². The van der Waals surface area contributed by atoms with Gasteiger partial charge in [-0.15, -0.1) is 0 Å². The molecule has 0 bridgehead atoms. The summed E-state index contributed by atoms with van der Waals surface area (Å²) in [4.78, 5) is 13.4. The molecule has 3 aliphatic rings. The molecular formula is C77H143NO18. The molecule has 17 unspecified atom stereocenters. The third kappa shape index (κ3) is 38.9. The van der Waals surface area contributed by atoms with E-state index >= 15 is 0 Å². The molecule has 1 amide bonds. The Bertz CT molecular complexity index is 1880. The van der Waals surface area contributed by atoms with Gasteiger partial charge in [0.15, 0.2) is 18.9 Å². The van der Waals surface area contributed by atoms with Crippen molar-refractivity contribution in [2.24, 2.45) is 0 Å². The molecule has 19 heteroatoms. The molecule has 3 fully saturated rings. The second-order valence-electron chi connectivity index (χ2n) is 28.2. The van der Waals surface area contributed by atoms with Gasteiger partial charge in [0, 0.05) is 6.42 Å². The van der Waals surface area contributed by atoms with Gasteiger partial charge in [-0.05, 0) is 51.4 Å². The molecule has 12 N–H and O–H groups in total. The fourth-order valence-electron chi connectivity index (χ4n) is 13.3. The Hall–Kier alpha value is -1.99. The fraction of sp³-hybridized carbons (Fsp3) is 0.909. The van der Waals surface area contributed by atoms with Crippen LogP contribution in [0.15, 0.2) is 36.5 Å². The number of unbranched alkanes of at least 4 members (excludes halogenated alkanes) is 42. The van der Waals surface area contributed by atoms with Gasteiger partial charge in [0.1, 0.15) is 73.2 Å². The van der Waals surface area contributed by atoms with Crippen molar-refractivity contribution in [1.82, 2.24) is 5.32 Å². The van der Waals surface area contributed by atoms with Crippen LogP contribution >= 0.6 is 0 Å². The van der Waals surface area contributed by atoms with Crippen molar-refractivity contribution in [3.05, 3.63) is 36.5 Å². The lowest BCUT2D eigenvalue weighted by atomic mass is 9.96. The molecule has 19 nitrogen and oxygen atoms in total. The van der Waals surface area contributed by atoms with Gasteiger partial charge in [-0.3, -0.25) is 4.79 Å². The van der Waals surface area contributed by atoms with Crippen molar-refractivity contribution in [2.75, 3.05) is 26.4 Å². The zero-order chi connectivity index (χ0) is 69.6. The molecule has 0 aromatic heterocycles. The molecule has 3 rings (SSSR count). The second kappa shape index (κ2) is 58.5. The maximum atomic E-state index is 13.4. The monoisotopic (exact) mass is 1370 g/mol. The number of carbonyl (C=O) groups excluding carboxylic acids is 1. The lowest BCUT2D eigenvalue weighted by Gasteiger charge is -2.48. The molecule has 0 saturated carbocycles. The first-order chi connectivity index (χ1) is 46.8. The largest absolute Gasteiger partial charge is 0.394 e. The van der Waals surface area contributed by atoms with Crippen LogP contribution in [-0.2, 0) is 33.2 Å². The van der Waals surface area contributed by atoms with Gasteiger partial charge >= 0.3 is 0 Å². The molecule has 0 spiro atoms. The molecule has 96 heavy (non-hydrogen) atoms. The van der Waals surface area contributed by atoms with Gasteiger partial charge in [-0.1, -0.05) is 294 Å². The highest BCUT2D eigenvalue weighted by atomic mass is 16.8. The van der Waals surface area contributed by atoms with Crippen LogP contribution in [0.5, 0.6) is 0 Å². The first-order valence-corrected chi connectivity index (χ1v) is 39.2. The topological polar surface area (TPSA) is 307 Å². The van der Waals surface area contributed by atoms with Crippen LogP contribution in [0, 0.1) is 0 Å². The molecule has 3 heterocycles. The van der Waals surface area contributed by atoms with E-state index < -0.39 is 124 Å². The highest BCUT2D eigenvalue weighted by Crippen LogP contribution is 2.33. The fourth-order valence-corrected chi connectivity index (χ4v) is 13.3. The summed E-state index contributed by atoms with van der Waals surface area (Å²) in [6, 6.07) is -0.970. The summed E-state index contributed by atoms with van der Waals surface area (Å²) >= 11 is 0. The predicted molar refractivity (Wildman–Crippen MR) is 379 cm³/mol. The van der Waals surface area contributed by atoms with Crippen LogP contribution in [-0.4, -0.2) is 193 Å². The number of amides is 1. The number of allylic oxidation sites excluding steroid dienone is 5. The molecule has 17 atom stereocenters. The van der Waals surface area contributed by atoms with Gasteiger partial charge in [0.2, 0.25) is 5.91 Å². The first-order valence-electron chi connectivity index (χ1n) is 39.2. The zero-order valence-electron chi connectivity index (χ0n) is 60.1. The minimum Gasteiger partial charge on any atom is -0.394 e. The van der Waals surface area contributed by atoms with E-state index in [9.17, 15) is 61.0 Å². The standard InChI is InChI=1S/C77H143NO18/c1-3-5-7-9-11-13-15-17-19-20-21-22-23-24-25-26-27-28-29-30-31-32-33-34-35-36-37-38-39-40-41-43-45-47-49-51-53-55-65(83)78-60(61(82)54-52-50-48-46-44-42-18-16-14-12-10-8-6-4-2)59-91-75-71(89)68(86)73(63(57-80)93-75)96-77-72(90)69(87)74(64(58-81)94-77)95-76-70(88)67(85)66(84)62(56-79)92-76/h15,17,20-21,52,54,60-64,66-77,79-82,84-90H,3-14,16,18-19,22-51,53,55-59H2,1-2H3,(H,78,83)/b17-15-,21-20-,54-52+. The van der Waals surface area contributed by atoms with E-state index in [4.69, 9.17) is 28.4 Å². The molecule has 3 aliphatic heterocycles. The highest BCUT2D eigenvalue weighted by molar-refractivity contribution is 5.76. The van der Waals surface area contributed by atoms with E-state index in [1.54, 1.807) is 6.08 Å². The van der Waals surface area contributed by atoms with Crippen LogP contribution in [0.3, 0.4) is 0 Å². The number of carbonyl (C=O) groups is 1. The molecule has 0 aromatic rings. The van der Waals surface area contributed by atoms with Crippen LogP contribution in [0.4, 0.5) is 0 Å². The van der Waals surface area contributed by atoms with Gasteiger partial charge in [0.25, 0.3) is 0 Å². The van der Waals surface area contributed by atoms with E-state index in [0.29, 0.717) is 6.42 Å². The Morgan fingerprint density at radius 2 is 0.688 bits per heavy atom. The number of hydrogen-bond acceptors (Lipinski definition) is 18. The Labute approximate surface area is 581 Å². The molecule has 3 saturated heterocycles. The summed E-state index contributed by atoms with van der Waals surface area (Å²) in [7, 11) is 0. The van der Waals surface area contributed by atoms with E-state index in [1.165, 1.54) is 238 Å². The summed E-state index contributed by atoms with van der Waals surface area (Å²) in [5.74, 6) is -0.270. The molecule has 0 radical (unpaired) electrons. The van der Waals surface area contributed by atoms with Crippen LogP contribution < -0.4 is 5.32 Å². The maximum Gasteiger partial charge on any atom is 0.220 e. The van der Waals surface area contributed by atoms with E-state index in [0.717, 1.165) is 51.4 Å². The van der Waals surface area contributed by atoms with Crippen molar-refractivity contribution in [1.29, 1.82) is 0 Å². The molecule has 0 aliphatic carbocycles. The summed E-state index contributed by atoms with van der Waals surface area (Å²) in [5, 5.41) is 121. The highest BCUT2D eigenvalue weighted by Gasteiger charge is 2.53. The quantitative estimate of drug-likeness (QED) is 0.0199. The van der Waals surface area contributed by atoms with Gasteiger partial charge in [0.05, 0.1) is 38.6 Å². The molecule has 564 valence electrons. The third-order valence-corrected chi connectivity index (χ3v) is 19.7. The van der Waals surface area contributed by atoms with Crippen LogP contribution in [0.2, 0.25) is 0 Å². The normalized spacial score (nSPS) is 27.2. The number of rotatable bonds is 62. The zero-order valence-corrected chi connectivity index (χ0v) is 60.1. The number of hydrogen-bond donors (Lipinski definition) is 12. The van der Waals surface area contributed by atoms with Crippen molar-refractivity contribution in [2.45, 2.75) is 420 Å². The van der Waals surface area contributed by atoms with Crippen molar-refractivity contribution in [3.8, 4) is 0 Å². The Kier molecular flexibility index (Phi) is 53.8. The number of ether oxygens (including phenoxy) is 6. The van der Waals surface area contributed by atoms with E-state index in [2.05, 4.69) is 43.5 Å². The average molecular weight is 1370 g/mol. The van der Waals surface area contributed by atoms with Crippen LogP contribution in [0.25, 0.3) is 0 Å². The predicted octanol–water partition coefficient (Wildman–Crippen LogP) is 12.3. The van der Waals surface area contributed by atoms with Crippen LogP contribution in [0.1, 0.15) is 316 Å². The number of nitrogens with one attached hydrogen (secondary N) is 1. The first kappa shape index (κ1) is 88.2. The van der Waals surface area contributed by atoms with Crippen molar-refractivity contribution >= 4 is 5.91 Å². The Morgan fingerprint density at radius 1 is 0.375 bits per heavy atom. The minimum atomic E-state index is -1.98. The summed E-state index contributed by atoms with van der Waals surface area (Å²) < 4.78 is 34.4. The lowest BCUT2D eigenvalue weighted by Crippen LogP contribution is -2.66. The molecular weight excluding hydrogens is 1230 g/mol. The SMILES string of the molecule is CCCCCCC/C=C\C/C=C\CCCCCCCCCCCCCCCCCCCCCCCCCCCC(=O)NC(COC1OC(CO)C(OC2OC(CO)C(OC3OC(CO)C(O)C(O)C3O)C(O)C2O)C(O)C1O)C(O)/C=C/CCCCCCCCCCCCCC.